The highest BCUT2D eigenvalue weighted by Gasteiger charge is 2.15. The van der Waals surface area contributed by atoms with E-state index in [4.69, 9.17) is 0 Å². The second-order valence-corrected chi connectivity index (χ2v) is 4.07. The van der Waals surface area contributed by atoms with Gasteiger partial charge in [-0.15, -0.1) is 11.8 Å². The van der Waals surface area contributed by atoms with Gasteiger partial charge in [-0.25, -0.2) is 0 Å². The standard InChI is InChI=1S/C8H13NS/c1-2-4-8-7(3-1)9-5-6-10-8/h9H,1-6H2. The van der Waals surface area contributed by atoms with E-state index in [1.54, 1.807) is 10.6 Å². The van der Waals surface area contributed by atoms with Crippen molar-refractivity contribution in [2.24, 2.45) is 0 Å². The van der Waals surface area contributed by atoms with Crippen molar-refractivity contribution in [3.05, 3.63) is 10.6 Å². The average molecular weight is 155 g/mol. The van der Waals surface area contributed by atoms with E-state index >= 15 is 0 Å². The summed E-state index contributed by atoms with van der Waals surface area (Å²) in [6.45, 7) is 1.18. The van der Waals surface area contributed by atoms with Crippen molar-refractivity contribution in [2.75, 3.05) is 12.3 Å². The SMILES string of the molecule is C1CCC2=C(C1)NCCS2. The Bertz CT molecular complexity index is 129. The summed E-state index contributed by atoms with van der Waals surface area (Å²) < 4.78 is 0. The minimum atomic E-state index is 1.18. The van der Waals surface area contributed by atoms with Crippen molar-refractivity contribution in [3.63, 3.8) is 0 Å². The number of hydrogen-bond donors (Lipinski definition) is 1. The quantitative estimate of drug-likeness (QED) is 0.575. The molecule has 1 aliphatic carbocycles. The van der Waals surface area contributed by atoms with Crippen LogP contribution in [0.15, 0.2) is 10.6 Å². The molecule has 1 N–H and O–H groups in total. The Morgan fingerprint density at radius 2 is 2.10 bits per heavy atom. The zero-order valence-electron chi connectivity index (χ0n) is 6.15. The molecule has 0 aromatic carbocycles. The summed E-state index contributed by atoms with van der Waals surface area (Å²) in [4.78, 5) is 1.65. The summed E-state index contributed by atoms with van der Waals surface area (Å²) in [7, 11) is 0. The zero-order valence-corrected chi connectivity index (χ0v) is 6.97. The minimum absolute atomic E-state index is 1.18. The first-order chi connectivity index (χ1) is 4.97. The number of rotatable bonds is 0. The predicted octanol–water partition coefficient (Wildman–Crippen LogP) is 2.11. The third-order valence-corrected chi connectivity index (χ3v) is 3.34. The van der Waals surface area contributed by atoms with Crippen LogP contribution in [-0.2, 0) is 0 Å². The van der Waals surface area contributed by atoms with Gasteiger partial charge in [0.25, 0.3) is 0 Å². The van der Waals surface area contributed by atoms with Crippen LogP contribution in [0.1, 0.15) is 25.7 Å². The van der Waals surface area contributed by atoms with Crippen LogP contribution in [-0.4, -0.2) is 12.3 Å². The molecule has 1 aliphatic heterocycles. The maximum atomic E-state index is 3.48. The summed E-state index contributed by atoms with van der Waals surface area (Å²) in [6.07, 6.45) is 5.45. The van der Waals surface area contributed by atoms with Gasteiger partial charge in [-0.05, 0) is 25.7 Å². The van der Waals surface area contributed by atoms with Gasteiger partial charge >= 0.3 is 0 Å². The monoisotopic (exact) mass is 155 g/mol. The molecule has 0 unspecified atom stereocenters. The molecule has 0 atom stereocenters. The van der Waals surface area contributed by atoms with Gasteiger partial charge in [0.15, 0.2) is 0 Å². The second kappa shape index (κ2) is 2.87. The highest BCUT2D eigenvalue weighted by atomic mass is 32.2. The smallest absolute Gasteiger partial charge is 0.0238 e. The number of nitrogens with one attached hydrogen (secondary N) is 1. The molecule has 2 heteroatoms. The fourth-order valence-corrected chi connectivity index (χ4v) is 2.69. The highest BCUT2D eigenvalue weighted by molar-refractivity contribution is 8.03. The molecule has 0 fully saturated rings. The van der Waals surface area contributed by atoms with Gasteiger partial charge in [-0.1, -0.05) is 0 Å². The van der Waals surface area contributed by atoms with Crippen LogP contribution in [0.2, 0.25) is 0 Å². The van der Waals surface area contributed by atoms with Crippen LogP contribution < -0.4 is 5.32 Å². The van der Waals surface area contributed by atoms with Crippen LogP contribution >= 0.6 is 11.8 Å². The molecule has 0 amide bonds. The Morgan fingerprint density at radius 3 is 3.00 bits per heavy atom. The Labute approximate surface area is 66.3 Å². The van der Waals surface area contributed by atoms with Gasteiger partial charge in [-0.2, -0.15) is 0 Å². The lowest BCUT2D eigenvalue weighted by molar-refractivity contribution is 0.637. The highest BCUT2D eigenvalue weighted by Crippen LogP contribution is 2.33. The Balaban J connectivity index is 2.14. The molecule has 1 heterocycles. The Hall–Kier alpha value is -0.110. The summed E-state index contributed by atoms with van der Waals surface area (Å²) >= 11 is 2.06. The molecule has 0 spiro atoms. The summed E-state index contributed by atoms with van der Waals surface area (Å²) in [5.41, 5.74) is 1.56. The van der Waals surface area contributed by atoms with E-state index in [2.05, 4.69) is 17.1 Å². The van der Waals surface area contributed by atoms with Gasteiger partial charge < -0.3 is 5.32 Å². The third kappa shape index (κ3) is 1.17. The van der Waals surface area contributed by atoms with Crippen LogP contribution in [0, 0.1) is 0 Å². The van der Waals surface area contributed by atoms with Gasteiger partial charge in [0, 0.05) is 22.9 Å². The fourth-order valence-electron chi connectivity index (χ4n) is 1.60. The molecule has 0 radical (unpaired) electrons. The van der Waals surface area contributed by atoms with E-state index in [0.717, 1.165) is 0 Å². The van der Waals surface area contributed by atoms with Crippen molar-refractivity contribution < 1.29 is 0 Å². The van der Waals surface area contributed by atoms with Crippen molar-refractivity contribution >= 4 is 11.8 Å². The second-order valence-electron chi connectivity index (χ2n) is 2.88. The maximum Gasteiger partial charge on any atom is 0.0238 e. The number of thioether (sulfide) groups is 1. The number of allylic oxidation sites excluding steroid dienone is 2. The third-order valence-electron chi connectivity index (χ3n) is 2.13. The van der Waals surface area contributed by atoms with E-state index in [1.165, 1.54) is 38.0 Å². The Morgan fingerprint density at radius 1 is 1.20 bits per heavy atom. The lowest BCUT2D eigenvalue weighted by Gasteiger charge is -2.25. The molecular weight excluding hydrogens is 142 g/mol. The lowest BCUT2D eigenvalue weighted by Crippen LogP contribution is -2.23. The van der Waals surface area contributed by atoms with E-state index in [9.17, 15) is 0 Å². The normalized spacial score (nSPS) is 25.6. The first-order valence-corrected chi connectivity index (χ1v) is 5.04. The molecule has 56 valence electrons. The lowest BCUT2D eigenvalue weighted by atomic mass is 10.0. The van der Waals surface area contributed by atoms with Crippen molar-refractivity contribution in [3.8, 4) is 0 Å². The summed E-state index contributed by atoms with van der Waals surface area (Å²) in [6, 6.07) is 0. The van der Waals surface area contributed by atoms with E-state index in [-0.39, 0.29) is 0 Å². The molecule has 0 bridgehead atoms. The van der Waals surface area contributed by atoms with E-state index in [0.29, 0.717) is 0 Å². The van der Waals surface area contributed by atoms with Crippen molar-refractivity contribution in [1.29, 1.82) is 0 Å². The van der Waals surface area contributed by atoms with Crippen LogP contribution in [0.4, 0.5) is 0 Å². The molecule has 0 aromatic rings. The van der Waals surface area contributed by atoms with Crippen LogP contribution in [0.5, 0.6) is 0 Å². The molecule has 2 aliphatic rings. The van der Waals surface area contributed by atoms with Gasteiger partial charge in [0.2, 0.25) is 0 Å². The van der Waals surface area contributed by atoms with E-state index < -0.39 is 0 Å². The minimum Gasteiger partial charge on any atom is -0.387 e. The molecule has 10 heavy (non-hydrogen) atoms. The van der Waals surface area contributed by atoms with Crippen LogP contribution in [0.3, 0.4) is 0 Å². The van der Waals surface area contributed by atoms with Crippen LogP contribution in [0.25, 0.3) is 0 Å². The molecule has 2 rings (SSSR count). The van der Waals surface area contributed by atoms with Gasteiger partial charge in [0.1, 0.15) is 0 Å². The molecular formula is C8H13NS. The maximum absolute atomic E-state index is 3.48. The fraction of sp³-hybridized carbons (Fsp3) is 0.750. The molecule has 1 nitrogen and oxygen atoms in total. The largest absolute Gasteiger partial charge is 0.387 e. The van der Waals surface area contributed by atoms with Gasteiger partial charge in [-0.3, -0.25) is 0 Å². The van der Waals surface area contributed by atoms with Gasteiger partial charge in [0.05, 0.1) is 0 Å². The molecule has 0 saturated carbocycles. The van der Waals surface area contributed by atoms with Crippen molar-refractivity contribution in [1.82, 2.24) is 5.32 Å². The molecule has 0 saturated heterocycles. The summed E-state index contributed by atoms with van der Waals surface area (Å²) in [5.74, 6) is 1.28. The number of hydrogen-bond acceptors (Lipinski definition) is 2. The van der Waals surface area contributed by atoms with Crippen molar-refractivity contribution in [2.45, 2.75) is 25.7 Å². The molecule has 0 aromatic heterocycles. The van der Waals surface area contributed by atoms with E-state index in [1.807, 2.05) is 0 Å². The topological polar surface area (TPSA) is 12.0 Å². The first kappa shape index (κ1) is 6.59. The summed E-state index contributed by atoms with van der Waals surface area (Å²) in [5, 5.41) is 3.48. The first-order valence-electron chi connectivity index (χ1n) is 4.05. The average Bonchev–Trinajstić information content (AvgIpc) is 2.05. The zero-order chi connectivity index (χ0) is 6.81. The Kier molecular flexibility index (Phi) is 1.89. The predicted molar refractivity (Wildman–Crippen MR) is 46.0 cm³/mol.